The van der Waals surface area contributed by atoms with E-state index in [9.17, 15) is 4.79 Å². The molecule has 0 fully saturated rings. The van der Waals surface area contributed by atoms with E-state index in [0.29, 0.717) is 32.1 Å². The van der Waals surface area contributed by atoms with Gasteiger partial charge in [0.15, 0.2) is 5.65 Å². The molecule has 0 aliphatic carbocycles. The molecule has 0 bridgehead atoms. The molecule has 0 radical (unpaired) electrons. The van der Waals surface area contributed by atoms with Crippen LogP contribution < -0.4 is 5.73 Å². The van der Waals surface area contributed by atoms with Crippen LogP contribution in [-0.4, -0.2) is 25.5 Å². The molecule has 0 saturated heterocycles. The summed E-state index contributed by atoms with van der Waals surface area (Å²) in [6.07, 6.45) is 0. The predicted molar refractivity (Wildman–Crippen MR) is 105 cm³/mol. The van der Waals surface area contributed by atoms with E-state index < -0.39 is 5.91 Å². The van der Waals surface area contributed by atoms with E-state index in [-0.39, 0.29) is 12.4 Å². The lowest BCUT2D eigenvalue weighted by molar-refractivity contribution is 0.100. The second-order valence-electron chi connectivity index (χ2n) is 5.40. The van der Waals surface area contributed by atoms with Gasteiger partial charge in [0, 0.05) is 5.56 Å². The summed E-state index contributed by atoms with van der Waals surface area (Å²) in [5, 5.41) is 5.27. The lowest BCUT2D eigenvalue weighted by atomic mass is 10.1. The monoisotopic (exact) mass is 405 g/mol. The van der Waals surface area contributed by atoms with Gasteiger partial charge in [-0.1, -0.05) is 41.9 Å². The van der Waals surface area contributed by atoms with Gasteiger partial charge in [0.1, 0.15) is 20.7 Å². The molecular formula is C17H13Cl2N5OS. The van der Waals surface area contributed by atoms with Crippen molar-refractivity contribution in [3.05, 3.63) is 58.2 Å². The number of carbonyl (C=O) groups is 1. The second kappa shape index (κ2) is 7.03. The Kier molecular flexibility index (Phi) is 4.95. The fraction of sp³-hybridized carbons (Fsp3) is 0.0588. The Morgan fingerprint density at radius 2 is 1.88 bits per heavy atom. The van der Waals surface area contributed by atoms with Crippen molar-refractivity contribution in [1.82, 2.24) is 19.6 Å². The number of hydrogen-bond acceptors (Lipinski definition) is 5. The highest BCUT2D eigenvalue weighted by Crippen LogP contribution is 2.35. The molecule has 1 aromatic carbocycles. The van der Waals surface area contributed by atoms with Gasteiger partial charge in [-0.25, -0.2) is 14.5 Å². The molecule has 0 saturated carbocycles. The van der Waals surface area contributed by atoms with Gasteiger partial charge < -0.3 is 5.73 Å². The molecule has 6 nitrogen and oxygen atoms in total. The summed E-state index contributed by atoms with van der Waals surface area (Å²) < 4.78 is 1.63. The van der Waals surface area contributed by atoms with Crippen LogP contribution >= 0.6 is 35.3 Å². The minimum absolute atomic E-state index is 0. The standard InChI is InChI=1S/C17H12ClN5OS.ClH/c1-9-14(23-12(20-9)8-7-11(18)22-23)17-21-13(15(25-17)16(19)24)10-5-3-2-4-6-10;/h2-8H,1H3,(H2,19,24);1H. The third kappa shape index (κ3) is 3.05. The van der Waals surface area contributed by atoms with Crippen molar-refractivity contribution < 1.29 is 4.79 Å². The molecule has 4 rings (SSSR count). The van der Waals surface area contributed by atoms with Crippen molar-refractivity contribution in [1.29, 1.82) is 0 Å². The number of amides is 1. The molecule has 3 heterocycles. The molecule has 1 amide bonds. The average Bonchev–Trinajstić information content (AvgIpc) is 3.16. The Morgan fingerprint density at radius 1 is 1.15 bits per heavy atom. The minimum atomic E-state index is -0.514. The Morgan fingerprint density at radius 3 is 2.58 bits per heavy atom. The first-order valence-corrected chi connectivity index (χ1v) is 8.62. The molecule has 132 valence electrons. The van der Waals surface area contributed by atoms with Gasteiger partial charge >= 0.3 is 0 Å². The molecule has 26 heavy (non-hydrogen) atoms. The maximum Gasteiger partial charge on any atom is 0.261 e. The molecular weight excluding hydrogens is 393 g/mol. The zero-order chi connectivity index (χ0) is 17.6. The highest BCUT2D eigenvalue weighted by atomic mass is 35.5. The van der Waals surface area contributed by atoms with Gasteiger partial charge in [-0.3, -0.25) is 4.79 Å². The van der Waals surface area contributed by atoms with Crippen molar-refractivity contribution in [3.63, 3.8) is 0 Å². The number of aryl methyl sites for hydroxylation is 1. The van der Waals surface area contributed by atoms with Gasteiger partial charge in [-0.15, -0.1) is 23.7 Å². The lowest BCUT2D eigenvalue weighted by Crippen LogP contribution is -2.10. The largest absolute Gasteiger partial charge is 0.365 e. The topological polar surface area (TPSA) is 86.2 Å². The number of benzene rings is 1. The van der Waals surface area contributed by atoms with Crippen molar-refractivity contribution in [2.45, 2.75) is 6.92 Å². The number of thiazole rings is 1. The van der Waals surface area contributed by atoms with E-state index in [2.05, 4.69) is 15.1 Å². The summed E-state index contributed by atoms with van der Waals surface area (Å²) in [4.78, 5) is 21.5. The first kappa shape index (κ1) is 18.3. The Bertz CT molecular complexity index is 1110. The maximum atomic E-state index is 11.9. The number of hydrogen-bond donors (Lipinski definition) is 1. The third-order valence-corrected chi connectivity index (χ3v) is 5.00. The summed E-state index contributed by atoms with van der Waals surface area (Å²) in [6.45, 7) is 1.87. The number of fused-ring (bicyclic) bond motifs is 1. The van der Waals surface area contributed by atoms with Crippen LogP contribution in [0.2, 0.25) is 5.15 Å². The summed E-state index contributed by atoms with van der Waals surface area (Å²) >= 11 is 7.24. The van der Waals surface area contributed by atoms with Crippen LogP contribution in [0.1, 0.15) is 15.4 Å². The van der Waals surface area contributed by atoms with Crippen molar-refractivity contribution in [3.8, 4) is 22.0 Å². The number of primary amides is 1. The van der Waals surface area contributed by atoms with Crippen molar-refractivity contribution in [2.75, 3.05) is 0 Å². The number of aromatic nitrogens is 4. The van der Waals surface area contributed by atoms with E-state index in [0.717, 1.165) is 11.3 Å². The average molecular weight is 406 g/mol. The van der Waals surface area contributed by atoms with Crippen LogP contribution in [0.15, 0.2) is 42.5 Å². The van der Waals surface area contributed by atoms with E-state index in [4.69, 9.17) is 17.3 Å². The summed E-state index contributed by atoms with van der Waals surface area (Å²) in [7, 11) is 0. The van der Waals surface area contributed by atoms with Gasteiger partial charge in [0.05, 0.1) is 11.4 Å². The normalized spacial score (nSPS) is 10.7. The molecule has 0 spiro atoms. The smallest absolute Gasteiger partial charge is 0.261 e. The van der Waals surface area contributed by atoms with E-state index in [1.165, 1.54) is 11.3 Å². The van der Waals surface area contributed by atoms with Gasteiger partial charge in [0.25, 0.3) is 5.91 Å². The fourth-order valence-corrected chi connectivity index (χ4v) is 3.81. The zero-order valence-corrected chi connectivity index (χ0v) is 15.9. The summed E-state index contributed by atoms with van der Waals surface area (Å²) in [5.41, 5.74) is 9.07. The molecule has 2 N–H and O–H groups in total. The fourth-order valence-electron chi connectivity index (χ4n) is 2.65. The Balaban J connectivity index is 0.00000196. The molecule has 4 aromatic rings. The number of halogens is 2. The number of nitrogens with zero attached hydrogens (tertiary/aromatic N) is 4. The SMILES string of the molecule is Cc1nc2ccc(Cl)nn2c1-c1nc(-c2ccccc2)c(C(N)=O)s1.Cl. The molecule has 0 unspecified atom stereocenters. The van der Waals surface area contributed by atoms with Crippen LogP contribution in [0.3, 0.4) is 0 Å². The van der Waals surface area contributed by atoms with Gasteiger partial charge in [-0.2, -0.15) is 5.10 Å². The first-order valence-electron chi connectivity index (χ1n) is 7.43. The van der Waals surface area contributed by atoms with Crippen LogP contribution in [-0.2, 0) is 0 Å². The highest BCUT2D eigenvalue weighted by molar-refractivity contribution is 7.17. The predicted octanol–water partition coefficient (Wildman–Crippen LogP) is 4.00. The lowest BCUT2D eigenvalue weighted by Gasteiger charge is -1.99. The van der Waals surface area contributed by atoms with Gasteiger partial charge in [0.2, 0.25) is 0 Å². The van der Waals surface area contributed by atoms with E-state index in [1.54, 1.807) is 16.6 Å². The Hall–Kier alpha value is -2.48. The quantitative estimate of drug-likeness (QED) is 0.557. The number of imidazole rings is 1. The molecule has 9 heteroatoms. The molecule has 0 aliphatic heterocycles. The first-order chi connectivity index (χ1) is 12.0. The molecule has 3 aromatic heterocycles. The third-order valence-electron chi connectivity index (χ3n) is 3.72. The van der Waals surface area contributed by atoms with Crippen LogP contribution in [0.25, 0.3) is 27.6 Å². The number of nitrogens with two attached hydrogens (primary N) is 1. The number of rotatable bonds is 3. The zero-order valence-electron chi connectivity index (χ0n) is 13.5. The van der Waals surface area contributed by atoms with Crippen LogP contribution in [0.4, 0.5) is 0 Å². The minimum Gasteiger partial charge on any atom is -0.365 e. The number of carbonyl (C=O) groups excluding carboxylic acids is 1. The van der Waals surface area contributed by atoms with E-state index >= 15 is 0 Å². The van der Waals surface area contributed by atoms with Gasteiger partial charge in [-0.05, 0) is 19.1 Å². The van der Waals surface area contributed by atoms with E-state index in [1.807, 2.05) is 37.3 Å². The highest BCUT2D eigenvalue weighted by Gasteiger charge is 2.22. The van der Waals surface area contributed by atoms with Crippen LogP contribution in [0, 0.1) is 6.92 Å². The van der Waals surface area contributed by atoms with Crippen LogP contribution in [0.5, 0.6) is 0 Å². The second-order valence-corrected chi connectivity index (χ2v) is 6.79. The summed E-state index contributed by atoms with van der Waals surface area (Å²) in [5.74, 6) is -0.514. The van der Waals surface area contributed by atoms with Crippen molar-refractivity contribution >= 4 is 46.9 Å². The Labute approximate surface area is 164 Å². The van der Waals surface area contributed by atoms with Crippen molar-refractivity contribution in [2.24, 2.45) is 5.73 Å². The molecule has 0 aliphatic rings. The summed E-state index contributed by atoms with van der Waals surface area (Å²) in [6, 6.07) is 12.9. The maximum absolute atomic E-state index is 11.9. The molecule has 0 atom stereocenters.